The van der Waals surface area contributed by atoms with E-state index in [9.17, 15) is 9.18 Å². The zero-order valence-corrected chi connectivity index (χ0v) is 17.3. The largest absolute Gasteiger partial charge is 0.490 e. The molecule has 0 aliphatic carbocycles. The lowest BCUT2D eigenvalue weighted by Crippen LogP contribution is -2.32. The van der Waals surface area contributed by atoms with E-state index in [1.54, 1.807) is 19.1 Å². The Morgan fingerprint density at radius 1 is 1.10 bits per heavy atom. The number of halogens is 1. The molecule has 0 aromatic heterocycles. The van der Waals surface area contributed by atoms with Crippen molar-refractivity contribution in [2.45, 2.75) is 20.3 Å². The van der Waals surface area contributed by atoms with Gasteiger partial charge in [0.05, 0.1) is 19.8 Å². The molecular weight excluding hydrogens is 387 g/mol. The van der Waals surface area contributed by atoms with Crippen LogP contribution in [-0.2, 0) is 0 Å². The van der Waals surface area contributed by atoms with Gasteiger partial charge in [-0.1, -0.05) is 6.07 Å². The number of fused-ring (bicyclic) bond motifs is 1. The predicted molar refractivity (Wildman–Crippen MR) is 115 cm³/mol. The first-order valence-corrected chi connectivity index (χ1v) is 10.1. The molecule has 7 nitrogen and oxygen atoms in total. The number of ether oxygens (including phenoxy) is 2. The van der Waals surface area contributed by atoms with Gasteiger partial charge >= 0.3 is 0 Å². The number of aryl methyl sites for hydroxylation is 1. The van der Waals surface area contributed by atoms with Crippen LogP contribution in [0.15, 0.2) is 41.4 Å². The van der Waals surface area contributed by atoms with Gasteiger partial charge in [-0.3, -0.25) is 9.79 Å². The molecule has 0 radical (unpaired) electrons. The van der Waals surface area contributed by atoms with E-state index in [1.165, 1.54) is 6.07 Å². The summed E-state index contributed by atoms with van der Waals surface area (Å²) < 4.78 is 25.0. The smallest absolute Gasteiger partial charge is 0.251 e. The van der Waals surface area contributed by atoms with E-state index in [0.29, 0.717) is 55.7 Å². The first-order chi connectivity index (χ1) is 14.6. The third kappa shape index (κ3) is 5.85. The number of guanidine groups is 1. The zero-order valence-electron chi connectivity index (χ0n) is 17.3. The minimum atomic E-state index is -0.394. The summed E-state index contributed by atoms with van der Waals surface area (Å²) in [5.41, 5.74) is 1.62. The molecule has 0 atom stereocenters. The van der Waals surface area contributed by atoms with Crippen LogP contribution in [0.5, 0.6) is 11.5 Å². The van der Waals surface area contributed by atoms with E-state index in [2.05, 4.69) is 20.9 Å². The van der Waals surface area contributed by atoms with Gasteiger partial charge in [-0.15, -0.1) is 0 Å². The molecule has 0 fully saturated rings. The summed E-state index contributed by atoms with van der Waals surface area (Å²) >= 11 is 0. The maximum Gasteiger partial charge on any atom is 0.251 e. The van der Waals surface area contributed by atoms with Gasteiger partial charge in [-0.2, -0.15) is 0 Å². The number of benzene rings is 2. The number of anilines is 1. The number of aliphatic imine (C=N–C) groups is 1. The molecule has 2 aromatic rings. The zero-order chi connectivity index (χ0) is 21.3. The minimum Gasteiger partial charge on any atom is -0.490 e. The van der Waals surface area contributed by atoms with Crippen molar-refractivity contribution in [3.63, 3.8) is 0 Å². The number of rotatable bonds is 6. The highest BCUT2D eigenvalue weighted by Crippen LogP contribution is 2.32. The summed E-state index contributed by atoms with van der Waals surface area (Å²) in [5, 5.41) is 9.14. The molecule has 1 heterocycles. The fourth-order valence-corrected chi connectivity index (χ4v) is 2.86. The van der Waals surface area contributed by atoms with Crippen molar-refractivity contribution >= 4 is 17.6 Å². The highest BCUT2D eigenvalue weighted by Gasteiger charge is 2.11. The van der Waals surface area contributed by atoms with E-state index in [4.69, 9.17) is 9.47 Å². The molecular formula is C22H27FN4O3. The molecule has 8 heteroatoms. The van der Waals surface area contributed by atoms with Crippen molar-refractivity contribution in [2.75, 3.05) is 38.2 Å². The normalized spacial score (nSPS) is 13.4. The van der Waals surface area contributed by atoms with Crippen LogP contribution in [0.1, 0.15) is 29.3 Å². The summed E-state index contributed by atoms with van der Waals surface area (Å²) in [5.74, 6) is 1.29. The number of amides is 1. The predicted octanol–water partition coefficient (Wildman–Crippen LogP) is 3.10. The van der Waals surface area contributed by atoms with Crippen LogP contribution in [0, 0.1) is 12.7 Å². The Labute approximate surface area is 175 Å². The molecule has 3 rings (SSSR count). The van der Waals surface area contributed by atoms with Gasteiger partial charge in [-0.25, -0.2) is 4.39 Å². The van der Waals surface area contributed by atoms with Crippen LogP contribution in [0.3, 0.4) is 0 Å². The Hall–Kier alpha value is -3.29. The molecule has 0 spiro atoms. The summed E-state index contributed by atoms with van der Waals surface area (Å²) in [6.45, 7) is 6.26. The average Bonchev–Trinajstić information content (AvgIpc) is 2.98. The monoisotopic (exact) mass is 414 g/mol. The number of hydrogen-bond acceptors (Lipinski definition) is 4. The second-order valence-electron chi connectivity index (χ2n) is 6.82. The van der Waals surface area contributed by atoms with Gasteiger partial charge in [0.2, 0.25) is 0 Å². The maximum absolute atomic E-state index is 13.6. The summed E-state index contributed by atoms with van der Waals surface area (Å²) in [4.78, 5) is 16.6. The SMILES string of the molecule is CCNC(=NCCNC(=O)c1ccc(C)c(F)c1)Nc1ccc2c(c1)OCCCO2. The summed E-state index contributed by atoms with van der Waals surface area (Å²) in [6.07, 6.45) is 0.850. The third-order valence-corrected chi connectivity index (χ3v) is 4.46. The lowest BCUT2D eigenvalue weighted by atomic mass is 10.1. The quantitative estimate of drug-likeness (QED) is 0.384. The van der Waals surface area contributed by atoms with Crippen molar-refractivity contribution < 1.29 is 18.7 Å². The molecule has 30 heavy (non-hydrogen) atoms. The molecule has 160 valence electrons. The molecule has 1 aliphatic rings. The average molecular weight is 414 g/mol. The van der Waals surface area contributed by atoms with Crippen LogP contribution >= 0.6 is 0 Å². The van der Waals surface area contributed by atoms with Crippen molar-refractivity contribution in [1.82, 2.24) is 10.6 Å². The third-order valence-electron chi connectivity index (χ3n) is 4.46. The van der Waals surface area contributed by atoms with E-state index >= 15 is 0 Å². The van der Waals surface area contributed by atoms with Gasteiger partial charge in [0.25, 0.3) is 5.91 Å². The second kappa shape index (κ2) is 10.5. The topological polar surface area (TPSA) is 84.0 Å². The first kappa shape index (κ1) is 21.4. The fraction of sp³-hybridized carbons (Fsp3) is 0.364. The van der Waals surface area contributed by atoms with Gasteiger partial charge < -0.3 is 25.4 Å². The molecule has 0 saturated heterocycles. The van der Waals surface area contributed by atoms with Crippen molar-refractivity contribution in [2.24, 2.45) is 4.99 Å². The van der Waals surface area contributed by atoms with Crippen LogP contribution in [0.2, 0.25) is 0 Å². The number of nitrogens with zero attached hydrogens (tertiary/aromatic N) is 1. The van der Waals surface area contributed by atoms with Gasteiger partial charge in [0.1, 0.15) is 5.82 Å². The van der Waals surface area contributed by atoms with Crippen molar-refractivity contribution in [3.05, 3.63) is 53.3 Å². The Morgan fingerprint density at radius 2 is 1.90 bits per heavy atom. The van der Waals surface area contributed by atoms with E-state index in [0.717, 1.165) is 17.9 Å². The summed E-state index contributed by atoms with van der Waals surface area (Å²) in [6, 6.07) is 10.1. The molecule has 1 amide bonds. The Morgan fingerprint density at radius 3 is 2.67 bits per heavy atom. The van der Waals surface area contributed by atoms with E-state index in [-0.39, 0.29) is 5.91 Å². The Bertz CT molecular complexity index is 917. The van der Waals surface area contributed by atoms with E-state index < -0.39 is 5.82 Å². The lowest BCUT2D eigenvalue weighted by molar-refractivity contribution is 0.0954. The molecule has 0 unspecified atom stereocenters. The fourth-order valence-electron chi connectivity index (χ4n) is 2.86. The van der Waals surface area contributed by atoms with Gasteiger partial charge in [0.15, 0.2) is 17.5 Å². The number of carbonyl (C=O) groups is 1. The highest BCUT2D eigenvalue weighted by atomic mass is 19.1. The maximum atomic E-state index is 13.6. The Kier molecular flexibility index (Phi) is 7.48. The lowest BCUT2D eigenvalue weighted by Gasteiger charge is -2.14. The molecule has 0 bridgehead atoms. The minimum absolute atomic E-state index is 0.291. The number of hydrogen-bond donors (Lipinski definition) is 3. The highest BCUT2D eigenvalue weighted by molar-refractivity contribution is 5.95. The number of carbonyl (C=O) groups excluding carboxylic acids is 1. The van der Waals surface area contributed by atoms with Gasteiger partial charge in [-0.05, 0) is 43.7 Å². The first-order valence-electron chi connectivity index (χ1n) is 10.1. The van der Waals surface area contributed by atoms with Crippen molar-refractivity contribution in [3.8, 4) is 11.5 Å². The molecule has 1 aliphatic heterocycles. The molecule has 0 saturated carbocycles. The van der Waals surface area contributed by atoms with Crippen LogP contribution < -0.4 is 25.4 Å². The molecule has 3 N–H and O–H groups in total. The standard InChI is InChI=1S/C22H27FN4O3/c1-3-24-22(27-17-7-8-19-20(14-17)30-12-4-11-29-19)26-10-9-25-21(28)16-6-5-15(2)18(23)13-16/h5-8,13-14H,3-4,9-12H2,1-2H3,(H,25,28)(H2,24,26,27). The number of nitrogens with one attached hydrogen (secondary N) is 3. The van der Waals surface area contributed by atoms with Crippen molar-refractivity contribution in [1.29, 1.82) is 0 Å². The van der Waals surface area contributed by atoms with Crippen LogP contribution in [-0.4, -0.2) is 44.7 Å². The Balaban J connectivity index is 1.56. The summed E-state index contributed by atoms with van der Waals surface area (Å²) in [7, 11) is 0. The van der Waals surface area contributed by atoms with E-state index in [1.807, 2.05) is 25.1 Å². The van der Waals surface area contributed by atoms with Crippen LogP contribution in [0.25, 0.3) is 0 Å². The van der Waals surface area contributed by atoms with Crippen LogP contribution in [0.4, 0.5) is 10.1 Å². The molecule has 2 aromatic carbocycles. The van der Waals surface area contributed by atoms with Gasteiger partial charge in [0, 0.05) is 36.8 Å². The second-order valence-corrected chi connectivity index (χ2v) is 6.82.